The zero-order chi connectivity index (χ0) is 17.4. The van der Waals surface area contributed by atoms with Gasteiger partial charge in [0.2, 0.25) is 5.91 Å². The number of aromatic amines is 2. The monoisotopic (exact) mass is 353 g/mol. The van der Waals surface area contributed by atoms with E-state index in [2.05, 4.69) is 33.5 Å². The summed E-state index contributed by atoms with van der Waals surface area (Å²) < 4.78 is 0. The van der Waals surface area contributed by atoms with E-state index in [1.54, 1.807) is 30.0 Å². The van der Waals surface area contributed by atoms with Crippen molar-refractivity contribution in [1.29, 1.82) is 0 Å². The van der Waals surface area contributed by atoms with Crippen LogP contribution in [-0.4, -0.2) is 21.1 Å². The van der Waals surface area contributed by atoms with Gasteiger partial charge in [-0.1, -0.05) is 6.07 Å². The first-order valence-corrected chi connectivity index (χ1v) is 9.28. The van der Waals surface area contributed by atoms with Crippen LogP contribution < -0.4 is 11.0 Å². The third-order valence-electron chi connectivity index (χ3n) is 4.54. The third kappa shape index (κ3) is 3.35. The number of benzene rings is 2. The first kappa shape index (κ1) is 16.0. The molecule has 1 aliphatic rings. The van der Waals surface area contributed by atoms with E-state index >= 15 is 0 Å². The molecule has 6 heteroatoms. The number of thioether (sulfide) groups is 1. The average Bonchev–Trinajstić information content (AvgIpc) is 3.19. The summed E-state index contributed by atoms with van der Waals surface area (Å²) in [6.07, 6.45) is 3.53. The molecule has 2 aromatic carbocycles. The summed E-state index contributed by atoms with van der Waals surface area (Å²) in [6, 6.07) is 11.8. The fourth-order valence-corrected chi connectivity index (χ4v) is 4.16. The fourth-order valence-electron chi connectivity index (χ4n) is 3.23. The molecule has 1 aliphatic carbocycles. The number of aryl methyl sites for hydroxylation is 2. The molecule has 0 fully saturated rings. The topological polar surface area (TPSA) is 77.8 Å². The van der Waals surface area contributed by atoms with Gasteiger partial charge in [0.25, 0.3) is 0 Å². The second-order valence-electron chi connectivity index (χ2n) is 6.37. The largest absolute Gasteiger partial charge is 0.325 e. The van der Waals surface area contributed by atoms with Crippen molar-refractivity contribution in [3.63, 3.8) is 0 Å². The van der Waals surface area contributed by atoms with Gasteiger partial charge in [-0.3, -0.25) is 4.79 Å². The Hall–Kier alpha value is -2.47. The molecule has 128 valence electrons. The molecule has 0 saturated heterocycles. The molecule has 0 aliphatic heterocycles. The molecule has 1 heterocycles. The lowest BCUT2D eigenvalue weighted by Crippen LogP contribution is -2.22. The van der Waals surface area contributed by atoms with Crippen molar-refractivity contribution in [2.24, 2.45) is 0 Å². The second-order valence-corrected chi connectivity index (χ2v) is 7.79. The summed E-state index contributed by atoms with van der Waals surface area (Å²) in [7, 11) is 0. The summed E-state index contributed by atoms with van der Waals surface area (Å²) in [5.41, 5.74) is 4.69. The van der Waals surface area contributed by atoms with E-state index in [1.807, 2.05) is 6.92 Å². The number of carbonyl (C=O) groups is 1. The van der Waals surface area contributed by atoms with Gasteiger partial charge in [0.15, 0.2) is 0 Å². The lowest BCUT2D eigenvalue weighted by molar-refractivity contribution is -0.115. The lowest BCUT2D eigenvalue weighted by Gasteiger charge is -2.13. The van der Waals surface area contributed by atoms with Gasteiger partial charge in [-0.25, -0.2) is 4.79 Å². The SMILES string of the molecule is C[C@H](Sc1ccc2c(c1)CCC2)C(=O)Nc1ccc2[nH]c(=O)[nH]c2c1. The van der Waals surface area contributed by atoms with Gasteiger partial charge in [-0.15, -0.1) is 11.8 Å². The maximum atomic E-state index is 12.5. The maximum Gasteiger partial charge on any atom is 0.323 e. The van der Waals surface area contributed by atoms with Gasteiger partial charge in [0.05, 0.1) is 16.3 Å². The summed E-state index contributed by atoms with van der Waals surface area (Å²) in [5.74, 6) is -0.0530. The number of anilines is 1. The molecule has 3 aromatic rings. The van der Waals surface area contributed by atoms with Crippen LogP contribution in [0.25, 0.3) is 11.0 Å². The molecule has 0 radical (unpaired) electrons. The molecule has 1 aromatic heterocycles. The van der Waals surface area contributed by atoms with Gasteiger partial charge < -0.3 is 15.3 Å². The molecule has 5 nitrogen and oxygen atoms in total. The Bertz CT molecular complexity index is 1010. The van der Waals surface area contributed by atoms with E-state index in [-0.39, 0.29) is 16.8 Å². The summed E-state index contributed by atoms with van der Waals surface area (Å²) >= 11 is 1.57. The minimum atomic E-state index is -0.251. The number of amides is 1. The van der Waals surface area contributed by atoms with Gasteiger partial charge in [-0.05, 0) is 67.6 Å². The molecule has 0 spiro atoms. The van der Waals surface area contributed by atoms with E-state index in [4.69, 9.17) is 0 Å². The lowest BCUT2D eigenvalue weighted by atomic mass is 10.1. The molecule has 1 amide bonds. The van der Waals surface area contributed by atoms with Crippen LogP contribution in [0.15, 0.2) is 46.1 Å². The Balaban J connectivity index is 1.45. The van der Waals surface area contributed by atoms with E-state index in [0.29, 0.717) is 11.2 Å². The van der Waals surface area contributed by atoms with E-state index in [0.717, 1.165) is 16.8 Å². The van der Waals surface area contributed by atoms with Crippen LogP contribution in [-0.2, 0) is 17.6 Å². The number of carbonyl (C=O) groups excluding carboxylic acids is 1. The average molecular weight is 353 g/mol. The van der Waals surface area contributed by atoms with Crippen molar-refractivity contribution in [2.75, 3.05) is 5.32 Å². The normalized spacial score (nSPS) is 14.4. The highest BCUT2D eigenvalue weighted by molar-refractivity contribution is 8.00. The molecule has 3 N–H and O–H groups in total. The Morgan fingerprint density at radius 1 is 1.08 bits per heavy atom. The molecule has 0 unspecified atom stereocenters. The minimum Gasteiger partial charge on any atom is -0.325 e. The number of imidazole rings is 1. The summed E-state index contributed by atoms with van der Waals surface area (Å²) in [4.78, 5) is 30.3. The number of nitrogens with one attached hydrogen (secondary N) is 3. The number of fused-ring (bicyclic) bond motifs is 2. The molecule has 25 heavy (non-hydrogen) atoms. The van der Waals surface area contributed by atoms with Crippen LogP contribution in [0.1, 0.15) is 24.5 Å². The Morgan fingerprint density at radius 2 is 1.88 bits per heavy atom. The standard InChI is InChI=1S/C19H19N3O2S/c1-11(25-15-7-5-12-3-2-4-13(12)9-15)18(23)20-14-6-8-16-17(10-14)22-19(24)21-16/h5-11H,2-4H2,1H3,(H,20,23)(H2,21,22,24)/t11-/m0/s1. The van der Waals surface area contributed by atoms with Crippen LogP contribution in [0.2, 0.25) is 0 Å². The fraction of sp³-hybridized carbons (Fsp3) is 0.263. The first-order valence-electron chi connectivity index (χ1n) is 8.40. The molecular weight excluding hydrogens is 334 g/mol. The summed E-state index contributed by atoms with van der Waals surface area (Å²) in [6.45, 7) is 1.91. The van der Waals surface area contributed by atoms with Crippen LogP contribution in [0.3, 0.4) is 0 Å². The molecule has 1 atom stereocenters. The van der Waals surface area contributed by atoms with Crippen molar-refractivity contribution in [3.8, 4) is 0 Å². The van der Waals surface area contributed by atoms with Crippen LogP contribution in [0, 0.1) is 0 Å². The molecule has 0 bridgehead atoms. The number of rotatable bonds is 4. The first-order chi connectivity index (χ1) is 12.1. The maximum absolute atomic E-state index is 12.5. The third-order valence-corrected chi connectivity index (χ3v) is 5.63. The van der Waals surface area contributed by atoms with Gasteiger partial charge in [0.1, 0.15) is 0 Å². The number of hydrogen-bond acceptors (Lipinski definition) is 3. The van der Waals surface area contributed by atoms with Gasteiger partial charge in [0, 0.05) is 10.6 Å². The highest BCUT2D eigenvalue weighted by atomic mass is 32.2. The van der Waals surface area contributed by atoms with Crippen molar-refractivity contribution in [3.05, 3.63) is 58.0 Å². The smallest absolute Gasteiger partial charge is 0.323 e. The number of H-pyrrole nitrogens is 2. The Labute approximate surface area is 149 Å². The Kier molecular flexibility index (Phi) is 4.13. The quantitative estimate of drug-likeness (QED) is 0.629. The van der Waals surface area contributed by atoms with Gasteiger partial charge >= 0.3 is 5.69 Å². The zero-order valence-electron chi connectivity index (χ0n) is 13.9. The minimum absolute atomic E-state index is 0.0530. The molecule has 0 saturated carbocycles. The Morgan fingerprint density at radius 3 is 2.76 bits per heavy atom. The van der Waals surface area contributed by atoms with Crippen LogP contribution in [0.4, 0.5) is 5.69 Å². The molecule has 4 rings (SSSR count). The van der Waals surface area contributed by atoms with Crippen molar-refractivity contribution < 1.29 is 4.79 Å². The molecular formula is C19H19N3O2S. The van der Waals surface area contributed by atoms with Crippen LogP contribution in [0.5, 0.6) is 0 Å². The highest BCUT2D eigenvalue weighted by Gasteiger charge is 2.17. The van der Waals surface area contributed by atoms with E-state index < -0.39 is 0 Å². The number of hydrogen-bond donors (Lipinski definition) is 3. The second kappa shape index (κ2) is 6.44. The van der Waals surface area contributed by atoms with Crippen molar-refractivity contribution >= 4 is 34.4 Å². The van der Waals surface area contributed by atoms with Crippen LogP contribution >= 0.6 is 11.8 Å². The van der Waals surface area contributed by atoms with Crippen molar-refractivity contribution in [2.45, 2.75) is 36.3 Å². The van der Waals surface area contributed by atoms with Gasteiger partial charge in [-0.2, -0.15) is 0 Å². The predicted octanol–water partition coefficient (Wildman–Crippen LogP) is 3.46. The predicted molar refractivity (Wildman–Crippen MR) is 101 cm³/mol. The van der Waals surface area contributed by atoms with Crippen molar-refractivity contribution in [1.82, 2.24) is 9.97 Å². The number of aromatic nitrogens is 2. The van der Waals surface area contributed by atoms with E-state index in [1.165, 1.54) is 24.0 Å². The highest BCUT2D eigenvalue weighted by Crippen LogP contribution is 2.30. The van der Waals surface area contributed by atoms with E-state index in [9.17, 15) is 9.59 Å². The summed E-state index contributed by atoms with van der Waals surface area (Å²) in [5, 5.41) is 2.71. The zero-order valence-corrected chi connectivity index (χ0v) is 14.7.